The van der Waals surface area contributed by atoms with Crippen LogP contribution in [-0.2, 0) is 18.3 Å². The molecule has 0 bridgehead atoms. The fourth-order valence-corrected chi connectivity index (χ4v) is 2.63. The molecule has 2 atom stereocenters. The van der Waals surface area contributed by atoms with E-state index in [1.807, 2.05) is 38.6 Å². The van der Waals surface area contributed by atoms with Crippen molar-refractivity contribution in [3.63, 3.8) is 0 Å². The van der Waals surface area contributed by atoms with Gasteiger partial charge in [-0.25, -0.2) is 9.78 Å². The second-order valence-corrected chi connectivity index (χ2v) is 6.67. The average Bonchev–Trinajstić information content (AvgIpc) is 2.93. The van der Waals surface area contributed by atoms with Gasteiger partial charge in [0.15, 0.2) is 0 Å². The Labute approximate surface area is 126 Å². The van der Waals surface area contributed by atoms with E-state index in [2.05, 4.69) is 15.6 Å². The molecule has 118 valence electrons. The van der Waals surface area contributed by atoms with E-state index in [1.54, 1.807) is 6.33 Å². The number of carbonyl (C=O) groups excluding carboxylic acids is 1. The van der Waals surface area contributed by atoms with E-state index < -0.39 is 5.60 Å². The number of hydrogen-bond donors (Lipinski definition) is 2. The minimum atomic E-state index is -0.458. The number of rotatable bonds is 4. The highest BCUT2D eigenvalue weighted by Gasteiger charge is 2.29. The third-order valence-corrected chi connectivity index (χ3v) is 3.68. The lowest BCUT2D eigenvalue weighted by Gasteiger charge is -2.25. The molecule has 6 nitrogen and oxygen atoms in total. The molecule has 1 aromatic rings. The van der Waals surface area contributed by atoms with Gasteiger partial charge in [-0.1, -0.05) is 0 Å². The van der Waals surface area contributed by atoms with Crippen molar-refractivity contribution in [3.8, 4) is 0 Å². The first-order valence-corrected chi connectivity index (χ1v) is 7.53. The quantitative estimate of drug-likeness (QED) is 0.890. The van der Waals surface area contributed by atoms with Crippen LogP contribution < -0.4 is 10.6 Å². The minimum Gasteiger partial charge on any atom is -0.444 e. The van der Waals surface area contributed by atoms with Crippen LogP contribution in [0.5, 0.6) is 0 Å². The highest BCUT2D eigenvalue weighted by molar-refractivity contribution is 5.68. The van der Waals surface area contributed by atoms with Crippen molar-refractivity contribution in [2.45, 2.75) is 64.3 Å². The van der Waals surface area contributed by atoms with E-state index in [9.17, 15) is 4.79 Å². The normalized spacial score (nSPS) is 22.3. The van der Waals surface area contributed by atoms with Crippen molar-refractivity contribution in [3.05, 3.63) is 18.2 Å². The second-order valence-electron chi connectivity index (χ2n) is 6.67. The summed E-state index contributed by atoms with van der Waals surface area (Å²) in [5, 5.41) is 6.50. The molecule has 1 aromatic heterocycles. The third kappa shape index (κ3) is 4.74. The van der Waals surface area contributed by atoms with Crippen LogP contribution in [0.2, 0.25) is 0 Å². The molecule has 1 heterocycles. The molecule has 1 aliphatic rings. The maximum Gasteiger partial charge on any atom is 0.407 e. The fourth-order valence-electron chi connectivity index (χ4n) is 2.63. The summed E-state index contributed by atoms with van der Waals surface area (Å²) in [5.41, 5.74) is 0.679. The Kier molecular flexibility index (Phi) is 4.88. The predicted molar refractivity (Wildman–Crippen MR) is 80.8 cm³/mol. The number of nitrogens with zero attached hydrogens (tertiary/aromatic N) is 2. The van der Waals surface area contributed by atoms with E-state index in [1.165, 1.54) is 0 Å². The van der Waals surface area contributed by atoms with Gasteiger partial charge in [0.2, 0.25) is 0 Å². The van der Waals surface area contributed by atoms with Gasteiger partial charge < -0.3 is 19.9 Å². The zero-order valence-corrected chi connectivity index (χ0v) is 13.3. The van der Waals surface area contributed by atoms with E-state index in [-0.39, 0.29) is 18.2 Å². The molecule has 0 saturated heterocycles. The summed E-state index contributed by atoms with van der Waals surface area (Å²) in [5.74, 6) is 0. The molecule has 1 fully saturated rings. The van der Waals surface area contributed by atoms with E-state index >= 15 is 0 Å². The zero-order chi connectivity index (χ0) is 15.5. The van der Waals surface area contributed by atoms with Crippen molar-refractivity contribution in [2.24, 2.45) is 7.05 Å². The largest absolute Gasteiger partial charge is 0.444 e. The number of aromatic nitrogens is 2. The SMILES string of the molecule is Cn1cncc1CNC1CCCC1NC(=O)OC(C)(C)C. The molecule has 1 amide bonds. The Hall–Kier alpha value is -1.56. The summed E-state index contributed by atoms with van der Waals surface area (Å²) >= 11 is 0. The molecule has 1 saturated carbocycles. The van der Waals surface area contributed by atoms with E-state index in [0.717, 1.165) is 31.5 Å². The summed E-state index contributed by atoms with van der Waals surface area (Å²) in [6.45, 7) is 6.38. The first-order valence-electron chi connectivity index (χ1n) is 7.53. The lowest BCUT2D eigenvalue weighted by Crippen LogP contribution is -2.47. The van der Waals surface area contributed by atoms with Gasteiger partial charge in [-0.2, -0.15) is 0 Å². The van der Waals surface area contributed by atoms with Crippen molar-refractivity contribution in [1.29, 1.82) is 0 Å². The van der Waals surface area contributed by atoms with Crippen molar-refractivity contribution < 1.29 is 9.53 Å². The van der Waals surface area contributed by atoms with Gasteiger partial charge in [-0.05, 0) is 40.0 Å². The number of aryl methyl sites for hydroxylation is 1. The first kappa shape index (κ1) is 15.8. The number of hydrogen-bond acceptors (Lipinski definition) is 4. The fraction of sp³-hybridized carbons (Fsp3) is 0.733. The van der Waals surface area contributed by atoms with Crippen molar-refractivity contribution in [2.75, 3.05) is 0 Å². The lowest BCUT2D eigenvalue weighted by atomic mass is 10.1. The third-order valence-electron chi connectivity index (χ3n) is 3.68. The van der Waals surface area contributed by atoms with Crippen LogP contribution in [0.3, 0.4) is 0 Å². The molecule has 0 aliphatic heterocycles. The number of alkyl carbamates (subject to hydrolysis) is 1. The summed E-state index contributed by atoms with van der Waals surface area (Å²) in [6, 6.07) is 0.417. The molecule has 2 rings (SSSR count). The van der Waals surface area contributed by atoms with Crippen molar-refractivity contribution >= 4 is 6.09 Å². The van der Waals surface area contributed by atoms with Crippen LogP contribution in [0.4, 0.5) is 4.79 Å². The second kappa shape index (κ2) is 6.47. The Bertz CT molecular complexity index is 478. The number of carbonyl (C=O) groups is 1. The summed E-state index contributed by atoms with van der Waals surface area (Å²) in [4.78, 5) is 16.0. The maximum atomic E-state index is 11.9. The molecule has 0 spiro atoms. The molecule has 0 radical (unpaired) electrons. The number of ether oxygens (including phenoxy) is 1. The topological polar surface area (TPSA) is 68.2 Å². The molecule has 2 N–H and O–H groups in total. The van der Waals surface area contributed by atoms with Gasteiger partial charge in [0.05, 0.1) is 12.0 Å². The van der Waals surface area contributed by atoms with Crippen LogP contribution in [0.1, 0.15) is 45.7 Å². The molecule has 0 aromatic carbocycles. The van der Waals surface area contributed by atoms with Gasteiger partial charge in [0.25, 0.3) is 0 Å². The predicted octanol–water partition coefficient (Wildman–Crippen LogP) is 1.96. The molecule has 6 heteroatoms. The molecule has 2 unspecified atom stereocenters. The standard InChI is InChI=1S/C15H26N4O2/c1-15(2,3)21-14(20)18-13-7-5-6-12(13)17-9-11-8-16-10-19(11)4/h8,10,12-13,17H,5-7,9H2,1-4H3,(H,18,20). The van der Waals surface area contributed by atoms with Gasteiger partial charge in [-0.15, -0.1) is 0 Å². The van der Waals surface area contributed by atoms with Gasteiger partial charge in [0.1, 0.15) is 5.60 Å². The smallest absolute Gasteiger partial charge is 0.407 e. The average molecular weight is 294 g/mol. The Balaban J connectivity index is 1.83. The van der Waals surface area contributed by atoms with Crippen LogP contribution in [0.15, 0.2) is 12.5 Å². The van der Waals surface area contributed by atoms with Gasteiger partial charge >= 0.3 is 6.09 Å². The van der Waals surface area contributed by atoms with Crippen LogP contribution in [0, 0.1) is 0 Å². The highest BCUT2D eigenvalue weighted by Crippen LogP contribution is 2.20. The summed E-state index contributed by atoms with van der Waals surface area (Å²) < 4.78 is 7.32. The maximum absolute atomic E-state index is 11.9. The lowest BCUT2D eigenvalue weighted by molar-refractivity contribution is 0.0498. The monoisotopic (exact) mass is 294 g/mol. The number of imidazole rings is 1. The van der Waals surface area contributed by atoms with Crippen LogP contribution in [-0.4, -0.2) is 33.3 Å². The van der Waals surface area contributed by atoms with E-state index in [0.29, 0.717) is 0 Å². The minimum absolute atomic E-state index is 0.132. The highest BCUT2D eigenvalue weighted by atomic mass is 16.6. The number of nitrogens with one attached hydrogen (secondary N) is 2. The molecule has 21 heavy (non-hydrogen) atoms. The Morgan fingerprint density at radius 1 is 1.43 bits per heavy atom. The van der Waals surface area contributed by atoms with Crippen LogP contribution in [0.25, 0.3) is 0 Å². The summed E-state index contributed by atoms with van der Waals surface area (Å²) in [6.07, 6.45) is 6.49. The Morgan fingerprint density at radius 2 is 2.14 bits per heavy atom. The Morgan fingerprint density at radius 3 is 2.76 bits per heavy atom. The van der Waals surface area contributed by atoms with Crippen LogP contribution >= 0.6 is 0 Å². The van der Waals surface area contributed by atoms with Gasteiger partial charge in [0, 0.05) is 31.9 Å². The molecule has 1 aliphatic carbocycles. The van der Waals surface area contributed by atoms with Crippen molar-refractivity contribution in [1.82, 2.24) is 20.2 Å². The molecular weight excluding hydrogens is 268 g/mol. The molecular formula is C15H26N4O2. The van der Waals surface area contributed by atoms with Gasteiger partial charge in [-0.3, -0.25) is 0 Å². The van der Waals surface area contributed by atoms with E-state index in [4.69, 9.17) is 4.74 Å². The first-order chi connectivity index (χ1) is 9.85. The summed E-state index contributed by atoms with van der Waals surface area (Å²) in [7, 11) is 1.98. The zero-order valence-electron chi connectivity index (χ0n) is 13.3. The number of amides is 1.